The molecule has 3 rings (SSSR count). The van der Waals surface area contributed by atoms with Crippen molar-refractivity contribution in [3.05, 3.63) is 47.4 Å². The van der Waals surface area contributed by atoms with Crippen LogP contribution < -0.4 is 5.32 Å². The van der Waals surface area contributed by atoms with E-state index in [9.17, 15) is 4.79 Å². The fraction of sp³-hybridized carbons (Fsp3) is 0.214. The van der Waals surface area contributed by atoms with Gasteiger partial charge in [0.15, 0.2) is 10.8 Å². The maximum absolute atomic E-state index is 11.8. The molecule has 0 saturated heterocycles. The summed E-state index contributed by atoms with van der Waals surface area (Å²) < 4.78 is 6.92. The van der Waals surface area contributed by atoms with Gasteiger partial charge in [-0.3, -0.25) is 9.48 Å². The number of amides is 1. The summed E-state index contributed by atoms with van der Waals surface area (Å²) in [6, 6.07) is 5.49. The van der Waals surface area contributed by atoms with E-state index in [4.69, 9.17) is 4.42 Å². The molecule has 0 unspecified atom stereocenters. The summed E-state index contributed by atoms with van der Waals surface area (Å²) >= 11 is 1.53. The molecule has 3 aromatic rings. The molecule has 1 amide bonds. The minimum Gasteiger partial charge on any atom is -0.462 e. The molecular weight excluding hydrogens is 288 g/mol. The van der Waals surface area contributed by atoms with Crippen LogP contribution >= 0.6 is 11.3 Å². The molecule has 0 aromatic carbocycles. The fourth-order valence-corrected chi connectivity index (χ4v) is 2.84. The summed E-state index contributed by atoms with van der Waals surface area (Å²) in [5.41, 5.74) is 0.908. The molecule has 6 nitrogen and oxygen atoms in total. The van der Waals surface area contributed by atoms with Crippen LogP contribution in [0, 0.1) is 6.92 Å². The van der Waals surface area contributed by atoms with Crippen LogP contribution in [0.5, 0.6) is 0 Å². The second kappa shape index (κ2) is 5.92. The van der Waals surface area contributed by atoms with Gasteiger partial charge >= 0.3 is 0 Å². The Balaban J connectivity index is 1.61. The number of nitrogens with one attached hydrogen (secondary N) is 1. The molecule has 3 aromatic heterocycles. The zero-order valence-electron chi connectivity index (χ0n) is 11.4. The van der Waals surface area contributed by atoms with E-state index in [1.54, 1.807) is 29.4 Å². The normalized spacial score (nSPS) is 10.7. The van der Waals surface area contributed by atoms with Crippen LogP contribution in [-0.2, 0) is 17.9 Å². The lowest BCUT2D eigenvalue weighted by molar-refractivity contribution is -0.122. The van der Waals surface area contributed by atoms with E-state index in [1.807, 2.05) is 19.1 Å². The van der Waals surface area contributed by atoms with Gasteiger partial charge in [0.05, 0.1) is 18.5 Å². The molecule has 7 heteroatoms. The highest BCUT2D eigenvalue weighted by Crippen LogP contribution is 2.27. The topological polar surface area (TPSA) is 73.0 Å². The van der Waals surface area contributed by atoms with Crippen LogP contribution in [0.15, 0.2) is 41.3 Å². The predicted octanol–water partition coefficient (Wildman–Crippen LogP) is 2.22. The zero-order valence-corrected chi connectivity index (χ0v) is 12.3. The average molecular weight is 302 g/mol. The largest absolute Gasteiger partial charge is 0.462 e. The van der Waals surface area contributed by atoms with Crippen LogP contribution in [0.3, 0.4) is 0 Å². The summed E-state index contributed by atoms with van der Waals surface area (Å²) in [5, 5.41) is 7.70. The number of aryl methyl sites for hydroxylation is 1. The third kappa shape index (κ3) is 3.19. The lowest BCUT2D eigenvalue weighted by Gasteiger charge is -2.04. The smallest absolute Gasteiger partial charge is 0.242 e. The molecule has 0 spiro atoms. The van der Waals surface area contributed by atoms with Crippen molar-refractivity contribution in [3.8, 4) is 10.8 Å². The van der Waals surface area contributed by atoms with Gasteiger partial charge in [-0.25, -0.2) is 4.98 Å². The van der Waals surface area contributed by atoms with Gasteiger partial charge in [-0.2, -0.15) is 5.10 Å². The molecule has 0 aliphatic heterocycles. The van der Waals surface area contributed by atoms with Crippen LogP contribution in [0.1, 0.15) is 10.6 Å². The number of rotatable bonds is 5. The third-order valence-electron chi connectivity index (χ3n) is 2.94. The molecule has 1 N–H and O–H groups in total. The molecule has 0 atom stereocenters. The first kappa shape index (κ1) is 13.6. The second-order valence-corrected chi connectivity index (χ2v) is 5.57. The minimum absolute atomic E-state index is 0.0777. The number of carbonyl (C=O) groups is 1. The maximum Gasteiger partial charge on any atom is 0.242 e. The van der Waals surface area contributed by atoms with E-state index in [2.05, 4.69) is 15.4 Å². The van der Waals surface area contributed by atoms with Gasteiger partial charge in [-0.05, 0) is 25.1 Å². The number of furan rings is 1. The molecule has 0 aliphatic carbocycles. The van der Waals surface area contributed by atoms with Gasteiger partial charge in [0.25, 0.3) is 0 Å². The van der Waals surface area contributed by atoms with Crippen LogP contribution in [0.4, 0.5) is 0 Å². The summed E-state index contributed by atoms with van der Waals surface area (Å²) in [6.07, 6.45) is 5.03. The Bertz CT molecular complexity index is 716. The van der Waals surface area contributed by atoms with Gasteiger partial charge in [0.1, 0.15) is 6.54 Å². The van der Waals surface area contributed by atoms with E-state index < -0.39 is 0 Å². The number of thiazole rings is 1. The Labute approximate surface area is 125 Å². The highest BCUT2D eigenvalue weighted by molar-refractivity contribution is 7.15. The van der Waals surface area contributed by atoms with E-state index >= 15 is 0 Å². The van der Waals surface area contributed by atoms with E-state index in [0.29, 0.717) is 6.54 Å². The SMILES string of the molecule is Cc1nc(-c2ccco2)sc1CNC(=O)Cn1cccn1. The first-order valence-electron chi connectivity index (χ1n) is 6.46. The Morgan fingerprint density at radius 2 is 2.38 bits per heavy atom. The van der Waals surface area contributed by atoms with Gasteiger partial charge < -0.3 is 9.73 Å². The first-order valence-corrected chi connectivity index (χ1v) is 7.28. The lowest BCUT2D eigenvalue weighted by atomic mass is 10.4. The van der Waals surface area contributed by atoms with Gasteiger partial charge in [0, 0.05) is 17.3 Å². The molecule has 0 bridgehead atoms. The molecule has 0 saturated carbocycles. The van der Waals surface area contributed by atoms with Crippen molar-refractivity contribution in [2.45, 2.75) is 20.0 Å². The van der Waals surface area contributed by atoms with Gasteiger partial charge in [0.2, 0.25) is 5.91 Å². The van der Waals surface area contributed by atoms with E-state index in [1.165, 1.54) is 11.3 Å². The Morgan fingerprint density at radius 1 is 1.48 bits per heavy atom. The molecule has 0 radical (unpaired) electrons. The van der Waals surface area contributed by atoms with Crippen molar-refractivity contribution in [3.63, 3.8) is 0 Å². The molecule has 21 heavy (non-hydrogen) atoms. The van der Waals surface area contributed by atoms with Crippen LogP contribution in [0.25, 0.3) is 10.8 Å². The summed E-state index contributed by atoms with van der Waals surface area (Å²) in [4.78, 5) is 17.3. The molecule has 0 fully saturated rings. The first-order chi connectivity index (χ1) is 10.2. The molecule has 3 heterocycles. The highest BCUT2D eigenvalue weighted by Gasteiger charge is 2.12. The predicted molar refractivity (Wildman–Crippen MR) is 78.6 cm³/mol. The van der Waals surface area contributed by atoms with Crippen molar-refractivity contribution in [1.82, 2.24) is 20.1 Å². The Morgan fingerprint density at radius 3 is 3.10 bits per heavy atom. The lowest BCUT2D eigenvalue weighted by Crippen LogP contribution is -2.27. The number of carbonyl (C=O) groups excluding carboxylic acids is 1. The summed E-state index contributed by atoms with van der Waals surface area (Å²) in [7, 11) is 0. The summed E-state index contributed by atoms with van der Waals surface area (Å²) in [6.45, 7) is 2.61. The van der Waals surface area contributed by atoms with Crippen LogP contribution in [-0.4, -0.2) is 20.7 Å². The zero-order chi connectivity index (χ0) is 14.7. The van der Waals surface area contributed by atoms with Crippen molar-refractivity contribution in [1.29, 1.82) is 0 Å². The standard InChI is InChI=1S/C14H14N4O2S/c1-10-12(21-14(17-10)11-4-2-7-20-11)8-15-13(19)9-18-6-3-5-16-18/h2-7H,8-9H2,1H3,(H,15,19). The van der Waals surface area contributed by atoms with Crippen molar-refractivity contribution >= 4 is 17.2 Å². The number of nitrogens with zero attached hydrogens (tertiary/aromatic N) is 3. The molecule has 108 valence electrons. The molecule has 0 aliphatic rings. The molecular formula is C14H14N4O2S. The van der Waals surface area contributed by atoms with Gasteiger partial charge in [-0.1, -0.05) is 0 Å². The van der Waals surface area contributed by atoms with Crippen molar-refractivity contribution in [2.24, 2.45) is 0 Å². The summed E-state index contributed by atoms with van der Waals surface area (Å²) in [5.74, 6) is 0.670. The maximum atomic E-state index is 11.8. The highest BCUT2D eigenvalue weighted by atomic mass is 32.1. The van der Waals surface area contributed by atoms with Gasteiger partial charge in [-0.15, -0.1) is 11.3 Å². The monoisotopic (exact) mass is 302 g/mol. The van der Waals surface area contributed by atoms with Crippen molar-refractivity contribution < 1.29 is 9.21 Å². The van der Waals surface area contributed by atoms with Crippen LogP contribution in [0.2, 0.25) is 0 Å². The quantitative estimate of drug-likeness (QED) is 0.784. The second-order valence-electron chi connectivity index (χ2n) is 4.49. The fourth-order valence-electron chi connectivity index (χ4n) is 1.87. The van der Waals surface area contributed by atoms with E-state index in [-0.39, 0.29) is 12.5 Å². The third-order valence-corrected chi connectivity index (χ3v) is 4.11. The van der Waals surface area contributed by atoms with Crippen molar-refractivity contribution in [2.75, 3.05) is 0 Å². The number of hydrogen-bond acceptors (Lipinski definition) is 5. The Hall–Kier alpha value is -2.41. The minimum atomic E-state index is -0.0777. The number of aromatic nitrogens is 3. The van der Waals surface area contributed by atoms with E-state index in [0.717, 1.165) is 21.3 Å². The average Bonchev–Trinajstić information content (AvgIpc) is 3.17. The number of hydrogen-bond donors (Lipinski definition) is 1. The Kier molecular flexibility index (Phi) is 3.83.